The number of aliphatic hydroxyl groups excluding tert-OH is 1. The number of ketones is 1. The van der Waals surface area contributed by atoms with Crippen molar-refractivity contribution in [3.05, 3.63) is 59.2 Å². The summed E-state index contributed by atoms with van der Waals surface area (Å²) in [7, 11) is 0. The maximum absolute atomic E-state index is 13.6. The molecule has 3 aliphatic carbocycles. The van der Waals surface area contributed by atoms with Crippen molar-refractivity contribution in [1.29, 1.82) is 0 Å². The van der Waals surface area contributed by atoms with Crippen LogP contribution in [0.25, 0.3) is 0 Å². The molecule has 9 heteroatoms. The summed E-state index contributed by atoms with van der Waals surface area (Å²) in [4.78, 5) is 52.3. The van der Waals surface area contributed by atoms with Crippen LogP contribution in [0.2, 0.25) is 0 Å². The molecule has 9 nitrogen and oxygen atoms in total. The van der Waals surface area contributed by atoms with Gasteiger partial charge >= 0.3 is 17.9 Å². The van der Waals surface area contributed by atoms with Crippen LogP contribution in [-0.4, -0.2) is 63.9 Å². The fourth-order valence-corrected chi connectivity index (χ4v) is 7.24. The number of allylic oxidation sites excluding steroid dienone is 1. The second kappa shape index (κ2) is 10.3. The molecule has 3 aliphatic rings. The average molecular weight is 555 g/mol. The second-order valence-corrected chi connectivity index (χ2v) is 12.0. The summed E-state index contributed by atoms with van der Waals surface area (Å²) >= 11 is 0. The third-order valence-electron chi connectivity index (χ3n) is 9.16. The van der Waals surface area contributed by atoms with Crippen molar-refractivity contribution in [1.82, 2.24) is 0 Å². The van der Waals surface area contributed by atoms with E-state index in [1.54, 1.807) is 37.3 Å². The Balaban J connectivity index is 2.09. The van der Waals surface area contributed by atoms with Gasteiger partial charge in [0.05, 0.1) is 22.7 Å². The maximum Gasteiger partial charge on any atom is 0.338 e. The molecule has 0 aliphatic heterocycles. The predicted molar refractivity (Wildman–Crippen MR) is 144 cm³/mol. The van der Waals surface area contributed by atoms with E-state index in [2.05, 4.69) is 6.58 Å². The number of Topliss-reactive ketones (excluding diaryl/α,β-unsaturated/α-hetero) is 1. The fraction of sp³-hybridized carbons (Fsp3) is 0.548. The van der Waals surface area contributed by atoms with Crippen LogP contribution in [0.4, 0.5) is 0 Å². The van der Waals surface area contributed by atoms with Gasteiger partial charge in [-0.3, -0.25) is 14.4 Å². The van der Waals surface area contributed by atoms with E-state index >= 15 is 0 Å². The summed E-state index contributed by atoms with van der Waals surface area (Å²) in [5.74, 6) is -3.23. The van der Waals surface area contributed by atoms with Gasteiger partial charge in [-0.25, -0.2) is 4.79 Å². The number of aliphatic hydroxyl groups is 2. The highest BCUT2D eigenvalue weighted by molar-refractivity contribution is 6.00. The molecule has 0 bridgehead atoms. The Hall–Kier alpha value is -3.30. The molecule has 4 rings (SSSR count). The third-order valence-corrected chi connectivity index (χ3v) is 9.16. The van der Waals surface area contributed by atoms with Crippen LogP contribution >= 0.6 is 0 Å². The quantitative estimate of drug-likeness (QED) is 0.318. The van der Waals surface area contributed by atoms with Gasteiger partial charge in [-0.15, -0.1) is 0 Å². The van der Waals surface area contributed by atoms with Gasteiger partial charge in [0, 0.05) is 31.6 Å². The Morgan fingerprint density at radius 1 is 1.02 bits per heavy atom. The van der Waals surface area contributed by atoms with Crippen molar-refractivity contribution < 1.29 is 43.6 Å². The summed E-state index contributed by atoms with van der Waals surface area (Å²) in [6, 6.07) is 8.27. The molecule has 1 aromatic rings. The molecule has 2 saturated carbocycles. The number of esters is 3. The monoisotopic (exact) mass is 554 g/mol. The zero-order chi connectivity index (χ0) is 29.8. The number of rotatable bonds is 5. The van der Waals surface area contributed by atoms with Crippen molar-refractivity contribution >= 4 is 23.7 Å². The zero-order valence-corrected chi connectivity index (χ0v) is 23.9. The summed E-state index contributed by atoms with van der Waals surface area (Å²) in [6.07, 6.45) is -4.35. The van der Waals surface area contributed by atoms with Gasteiger partial charge in [-0.1, -0.05) is 31.7 Å². The minimum Gasteiger partial charge on any atom is -0.461 e. The van der Waals surface area contributed by atoms with Crippen LogP contribution in [0.1, 0.15) is 71.2 Å². The van der Waals surface area contributed by atoms with Gasteiger partial charge in [0.15, 0.2) is 11.9 Å². The number of ether oxygens (including phenoxy) is 3. The third kappa shape index (κ3) is 4.59. The van der Waals surface area contributed by atoms with E-state index in [4.69, 9.17) is 14.2 Å². The normalized spacial score (nSPS) is 34.0. The van der Waals surface area contributed by atoms with Gasteiger partial charge in [0.1, 0.15) is 12.2 Å². The van der Waals surface area contributed by atoms with Crippen LogP contribution in [0, 0.1) is 16.7 Å². The number of fused-ring (bicyclic) bond motifs is 2. The topological polar surface area (TPSA) is 136 Å². The molecular formula is C31H38O9. The second-order valence-electron chi connectivity index (χ2n) is 12.0. The van der Waals surface area contributed by atoms with Gasteiger partial charge in [0.2, 0.25) is 0 Å². The summed E-state index contributed by atoms with van der Waals surface area (Å²) in [5.41, 5.74) is -3.34. The average Bonchev–Trinajstić information content (AvgIpc) is 3.11. The van der Waals surface area contributed by atoms with Crippen molar-refractivity contribution in [2.24, 2.45) is 16.7 Å². The highest BCUT2D eigenvalue weighted by atomic mass is 16.6. The molecule has 2 N–H and O–H groups in total. The first kappa shape index (κ1) is 29.7. The minimum atomic E-state index is -1.71. The Morgan fingerprint density at radius 3 is 2.15 bits per heavy atom. The molecule has 40 heavy (non-hydrogen) atoms. The van der Waals surface area contributed by atoms with Crippen LogP contribution < -0.4 is 0 Å². The molecule has 0 spiro atoms. The van der Waals surface area contributed by atoms with Crippen molar-refractivity contribution in [3.63, 3.8) is 0 Å². The molecule has 0 saturated heterocycles. The lowest BCUT2D eigenvalue weighted by Gasteiger charge is -2.53. The SMILES string of the molecule is C=C1[C@@H](O)CC[C@]2(C)[C@@H](OC(C)=O)[C@H](OC(=O)c3ccccc3)C3=C(C)C(=O)C[C@@]3(C(C)(C)O)[C@@H](OC(C)=O)[C@H]12. The number of hydrogen-bond donors (Lipinski definition) is 2. The van der Waals surface area contributed by atoms with Gasteiger partial charge < -0.3 is 24.4 Å². The zero-order valence-electron chi connectivity index (χ0n) is 23.9. The minimum absolute atomic E-state index is 0.232. The Kier molecular flexibility index (Phi) is 7.62. The fourth-order valence-electron chi connectivity index (χ4n) is 7.24. The van der Waals surface area contributed by atoms with Crippen LogP contribution in [0.5, 0.6) is 0 Å². The molecule has 7 atom stereocenters. The van der Waals surface area contributed by atoms with Gasteiger partial charge in [-0.05, 0) is 62.5 Å². The molecule has 0 heterocycles. The standard InChI is InChI=1S/C31H38O9/c1-16-21(34)13-14-30(7)24(16)26(38-18(3)32)31(29(5,6)37)15-22(35)17(2)23(31)25(27(30)39-19(4)33)40-28(36)20-11-9-8-10-12-20/h8-12,21,24-27,34,37H,1,13-15H2,2-7H3/t21-,24-,25+,26-,27-,30-,31-/m0/s1. The molecule has 0 unspecified atom stereocenters. The van der Waals surface area contributed by atoms with Crippen LogP contribution in [0.15, 0.2) is 53.6 Å². The Labute approximate surface area is 234 Å². The van der Waals surface area contributed by atoms with E-state index in [-0.39, 0.29) is 41.8 Å². The van der Waals surface area contributed by atoms with E-state index < -0.39 is 64.7 Å². The van der Waals surface area contributed by atoms with Crippen LogP contribution in [0.3, 0.4) is 0 Å². The summed E-state index contributed by atoms with van der Waals surface area (Å²) in [5, 5.41) is 22.9. The largest absolute Gasteiger partial charge is 0.461 e. The highest BCUT2D eigenvalue weighted by Gasteiger charge is 2.71. The highest BCUT2D eigenvalue weighted by Crippen LogP contribution is 2.65. The van der Waals surface area contributed by atoms with Gasteiger partial charge in [-0.2, -0.15) is 0 Å². The van der Waals surface area contributed by atoms with E-state index in [0.717, 1.165) is 0 Å². The molecular weight excluding hydrogens is 516 g/mol. The molecule has 2 fully saturated rings. The van der Waals surface area contributed by atoms with Crippen molar-refractivity contribution in [2.45, 2.75) is 90.8 Å². The lowest BCUT2D eigenvalue weighted by Crippen LogP contribution is -2.59. The lowest BCUT2D eigenvalue weighted by atomic mass is 9.55. The van der Waals surface area contributed by atoms with Crippen molar-refractivity contribution in [2.75, 3.05) is 0 Å². The molecule has 1 aromatic carbocycles. The first-order valence-corrected chi connectivity index (χ1v) is 13.5. The Bertz CT molecular complexity index is 1270. The van der Waals surface area contributed by atoms with Crippen LogP contribution in [-0.2, 0) is 28.6 Å². The van der Waals surface area contributed by atoms with E-state index in [1.807, 2.05) is 6.92 Å². The summed E-state index contributed by atoms with van der Waals surface area (Å²) in [6.45, 7) is 13.0. The first-order valence-electron chi connectivity index (χ1n) is 13.5. The smallest absolute Gasteiger partial charge is 0.338 e. The molecule has 216 valence electrons. The van der Waals surface area contributed by atoms with Gasteiger partial charge in [0.25, 0.3) is 0 Å². The number of hydrogen-bond acceptors (Lipinski definition) is 9. The molecule has 0 aromatic heterocycles. The molecule has 0 radical (unpaired) electrons. The number of benzene rings is 1. The summed E-state index contributed by atoms with van der Waals surface area (Å²) < 4.78 is 18.2. The number of carbonyl (C=O) groups is 4. The van der Waals surface area contributed by atoms with E-state index in [0.29, 0.717) is 5.57 Å². The molecule has 0 amide bonds. The first-order chi connectivity index (χ1) is 18.6. The maximum atomic E-state index is 13.6. The van der Waals surface area contributed by atoms with E-state index in [1.165, 1.54) is 27.7 Å². The Morgan fingerprint density at radius 2 is 1.60 bits per heavy atom. The predicted octanol–water partition coefficient (Wildman–Crippen LogP) is 3.47. The lowest BCUT2D eigenvalue weighted by molar-refractivity contribution is -0.187. The number of carbonyl (C=O) groups excluding carboxylic acids is 4. The van der Waals surface area contributed by atoms with E-state index in [9.17, 15) is 29.4 Å². The van der Waals surface area contributed by atoms with Crippen molar-refractivity contribution in [3.8, 4) is 0 Å².